The Morgan fingerprint density at radius 1 is 0.773 bits per heavy atom. The molecule has 2 fully saturated rings. The Kier molecular flexibility index (Phi) is 21.7. The molecule has 9 amide bonds. The van der Waals surface area contributed by atoms with Crippen LogP contribution in [0.5, 0.6) is 0 Å². The van der Waals surface area contributed by atoms with Crippen LogP contribution in [-0.2, 0) is 56.0 Å². The van der Waals surface area contributed by atoms with Gasteiger partial charge in [-0.15, -0.1) is 0 Å². The van der Waals surface area contributed by atoms with Crippen molar-refractivity contribution >= 4 is 76.0 Å². The van der Waals surface area contributed by atoms with Crippen LogP contribution in [-0.4, -0.2) is 155 Å². The molecular formula is C49H70N16O10. The molecule has 0 radical (unpaired) electrons. The molecule has 2 aromatic carbocycles. The molecule has 0 bridgehead atoms. The predicted octanol–water partition coefficient (Wildman–Crippen LogP) is -3.87. The number of rotatable bonds is 16. The van der Waals surface area contributed by atoms with Crippen molar-refractivity contribution in [2.45, 2.75) is 126 Å². The number of nitrogens with one attached hydrogen (secondary N) is 8. The van der Waals surface area contributed by atoms with Crippen molar-refractivity contribution in [3.05, 3.63) is 71.9 Å². The van der Waals surface area contributed by atoms with E-state index < -0.39 is 102 Å². The molecule has 26 nitrogen and oxygen atoms in total. The van der Waals surface area contributed by atoms with E-state index in [0.717, 1.165) is 15.8 Å². The molecule has 406 valence electrons. The number of nitrogens with two attached hydrogens (primary N) is 5. The molecule has 2 aliphatic heterocycles. The third-order valence-electron chi connectivity index (χ3n) is 12.7. The van der Waals surface area contributed by atoms with Gasteiger partial charge in [-0.3, -0.25) is 53.1 Å². The van der Waals surface area contributed by atoms with Crippen LogP contribution in [0.25, 0.3) is 10.9 Å². The average Bonchev–Trinajstić information content (AvgIpc) is 3.97. The van der Waals surface area contributed by atoms with Gasteiger partial charge in [0.2, 0.25) is 53.2 Å². The van der Waals surface area contributed by atoms with Crippen molar-refractivity contribution in [3.8, 4) is 0 Å². The highest BCUT2D eigenvalue weighted by Gasteiger charge is 2.43. The number of nitrogens with zero attached hydrogens (tertiary/aromatic N) is 3. The molecule has 0 aliphatic carbocycles. The van der Waals surface area contributed by atoms with Gasteiger partial charge in [-0.25, -0.2) is 0 Å². The Bertz CT molecular complexity index is 2570. The summed E-state index contributed by atoms with van der Waals surface area (Å²) in [6.07, 6.45) is -0.260. The van der Waals surface area contributed by atoms with Crippen LogP contribution in [0.4, 0.5) is 0 Å². The molecule has 19 N–H and O–H groups in total. The lowest BCUT2D eigenvalue weighted by Gasteiger charge is -2.31. The predicted molar refractivity (Wildman–Crippen MR) is 276 cm³/mol. The summed E-state index contributed by atoms with van der Waals surface area (Å²) in [5, 5.41) is 30.5. The minimum atomic E-state index is -1.49. The van der Waals surface area contributed by atoms with Gasteiger partial charge in [-0.2, -0.15) is 0 Å². The van der Waals surface area contributed by atoms with E-state index in [2.05, 4.69) is 52.2 Å². The number of amides is 9. The van der Waals surface area contributed by atoms with E-state index in [0.29, 0.717) is 11.1 Å². The maximum Gasteiger partial charge on any atom is 0.245 e. The fourth-order valence-corrected chi connectivity index (χ4v) is 8.88. The molecule has 2 saturated heterocycles. The molecule has 3 aromatic rings. The number of hydrogen-bond acceptors (Lipinski definition) is 12. The van der Waals surface area contributed by atoms with Gasteiger partial charge in [0.1, 0.15) is 42.3 Å². The van der Waals surface area contributed by atoms with E-state index in [9.17, 15) is 48.3 Å². The zero-order valence-electron chi connectivity index (χ0n) is 41.8. The maximum absolute atomic E-state index is 14.6. The highest BCUT2D eigenvalue weighted by Crippen LogP contribution is 2.23. The summed E-state index contributed by atoms with van der Waals surface area (Å²) in [5.41, 5.74) is 29.8. The Morgan fingerprint density at radius 2 is 1.40 bits per heavy atom. The van der Waals surface area contributed by atoms with E-state index in [1.807, 2.05) is 18.2 Å². The summed E-state index contributed by atoms with van der Waals surface area (Å²) in [6.45, 7) is 0.972. The molecule has 3 heterocycles. The number of aromatic nitrogens is 1. The smallest absolute Gasteiger partial charge is 0.245 e. The van der Waals surface area contributed by atoms with Gasteiger partial charge in [0, 0.05) is 75.9 Å². The summed E-state index contributed by atoms with van der Waals surface area (Å²) in [5.74, 6) is -7.36. The molecule has 5 rings (SSSR count). The van der Waals surface area contributed by atoms with Gasteiger partial charge in [0.05, 0.1) is 6.10 Å². The average molecular weight is 1040 g/mol. The van der Waals surface area contributed by atoms with Crippen LogP contribution in [0.1, 0.15) is 75.8 Å². The van der Waals surface area contributed by atoms with E-state index in [1.54, 1.807) is 42.6 Å². The lowest BCUT2D eigenvalue weighted by atomic mass is 10.0. The molecule has 0 saturated carbocycles. The van der Waals surface area contributed by atoms with Gasteiger partial charge in [0.15, 0.2) is 11.9 Å². The number of primary amides is 1. The first-order chi connectivity index (χ1) is 35.8. The lowest BCUT2D eigenvalue weighted by Crippen LogP contribution is -2.60. The van der Waals surface area contributed by atoms with Crippen molar-refractivity contribution < 1.29 is 48.3 Å². The van der Waals surface area contributed by atoms with Crippen LogP contribution >= 0.6 is 0 Å². The first-order valence-corrected chi connectivity index (χ1v) is 24.8. The highest BCUT2D eigenvalue weighted by atomic mass is 16.3. The Balaban J connectivity index is 1.53. The quantitative estimate of drug-likeness (QED) is 0.0371. The molecule has 75 heavy (non-hydrogen) atoms. The third-order valence-corrected chi connectivity index (χ3v) is 12.7. The normalized spacial score (nSPS) is 23.0. The SMILES string of the molecule is CC(=O)N[C@@H](CCCN=C(N)N)C(=O)N[C@H]1CCC(=O)NCCCC(C(N)=O)NC(=O)[C@H](Cc2c[nH]c3ccccc23)NC(=O)[C@H](CCCN=C(N)N)NC(=O)[C@@H](Cc2ccccc2)NC(=O)[C@@H]2C[C@@H](O)CN2C1=O. The number of H-pyrrole nitrogens is 1. The fraction of sp³-hybridized carbons (Fsp3) is 0.490. The second-order valence-electron chi connectivity index (χ2n) is 18.5. The number of aliphatic hydroxyl groups excluding tert-OH is 1. The number of aliphatic hydroxyl groups is 1. The third kappa shape index (κ3) is 18.0. The number of carbonyl (C=O) groups is 9. The van der Waals surface area contributed by atoms with Crippen molar-refractivity contribution in [3.63, 3.8) is 0 Å². The Morgan fingerprint density at radius 3 is 2.09 bits per heavy atom. The van der Waals surface area contributed by atoms with E-state index in [1.165, 1.54) is 6.92 Å². The molecule has 2 aliphatic rings. The van der Waals surface area contributed by atoms with Gasteiger partial charge in [-0.1, -0.05) is 48.5 Å². The number of benzene rings is 2. The second-order valence-corrected chi connectivity index (χ2v) is 18.5. The van der Waals surface area contributed by atoms with Crippen LogP contribution in [0.15, 0.2) is 70.8 Å². The molecule has 26 heteroatoms. The molecule has 1 aromatic heterocycles. The van der Waals surface area contributed by atoms with Crippen LogP contribution < -0.4 is 65.9 Å². The van der Waals surface area contributed by atoms with Crippen molar-refractivity contribution in [1.82, 2.24) is 47.1 Å². The minimum absolute atomic E-state index is 0.0225. The van der Waals surface area contributed by atoms with E-state index in [-0.39, 0.29) is 109 Å². The largest absolute Gasteiger partial charge is 0.391 e. The Labute approximate surface area is 432 Å². The number of para-hydroxylation sites is 1. The highest BCUT2D eigenvalue weighted by molar-refractivity contribution is 5.98. The number of aliphatic imine (C=N–C) groups is 2. The number of aromatic amines is 1. The zero-order valence-corrected chi connectivity index (χ0v) is 41.8. The van der Waals surface area contributed by atoms with Crippen molar-refractivity contribution in [2.75, 3.05) is 26.2 Å². The number of carbonyl (C=O) groups excluding carboxylic acids is 9. The van der Waals surface area contributed by atoms with Gasteiger partial charge < -0.3 is 80.9 Å². The van der Waals surface area contributed by atoms with Gasteiger partial charge >= 0.3 is 0 Å². The maximum atomic E-state index is 14.6. The topological polar surface area (TPSA) is 432 Å². The van der Waals surface area contributed by atoms with Gasteiger partial charge in [-0.05, 0) is 62.1 Å². The summed E-state index contributed by atoms with van der Waals surface area (Å²) in [4.78, 5) is 137. The van der Waals surface area contributed by atoms with Crippen molar-refractivity contribution in [2.24, 2.45) is 38.7 Å². The van der Waals surface area contributed by atoms with Crippen molar-refractivity contribution in [1.29, 1.82) is 0 Å². The first kappa shape index (κ1) is 57.6. The fourth-order valence-electron chi connectivity index (χ4n) is 8.88. The molecular weight excluding hydrogens is 973 g/mol. The van der Waals surface area contributed by atoms with E-state index in [4.69, 9.17) is 28.7 Å². The lowest BCUT2D eigenvalue weighted by molar-refractivity contribution is -0.143. The Hall–Kier alpha value is -8.29. The van der Waals surface area contributed by atoms with E-state index >= 15 is 0 Å². The molecule has 8 atom stereocenters. The monoisotopic (exact) mass is 1040 g/mol. The van der Waals surface area contributed by atoms with Crippen LogP contribution in [0.3, 0.4) is 0 Å². The summed E-state index contributed by atoms with van der Waals surface area (Å²) in [7, 11) is 0. The molecule has 1 unspecified atom stereocenters. The summed E-state index contributed by atoms with van der Waals surface area (Å²) >= 11 is 0. The first-order valence-electron chi connectivity index (χ1n) is 24.8. The minimum Gasteiger partial charge on any atom is -0.391 e. The summed E-state index contributed by atoms with van der Waals surface area (Å²) < 4.78 is 0. The number of guanidine groups is 2. The zero-order chi connectivity index (χ0) is 54.6. The van der Waals surface area contributed by atoms with Gasteiger partial charge in [0.25, 0.3) is 0 Å². The number of fused-ring (bicyclic) bond motifs is 2. The standard InChI is InChI=1S/C49H70N16O10/c1-27(66)59-34(15-8-20-56-48(51)52)42(70)62-36-17-18-40(68)55-19-7-14-33(41(50)69)60-45(73)38(23-29-25-58-32-13-6-5-12-31(29)32)63-43(71)35(16-9-21-57-49(53)54)61-44(72)37(22-28-10-3-2-4-11-28)64-46(74)39-24-30(67)26-65(39)47(36)75/h2-6,10-13,25,30,33-39,58,67H,7-9,14-24,26H2,1H3,(H2,50,69)(H,55,68)(H,59,66)(H,60,73)(H,61,72)(H,62,70)(H,63,71)(H,64,74)(H4,51,52,56)(H4,53,54,57)/t30-,33?,34+,35+,36+,37-,38+,39+/m1/s1. The number of hydrogen-bond donors (Lipinski definition) is 14. The van der Waals surface area contributed by atoms with Crippen LogP contribution in [0.2, 0.25) is 0 Å². The summed E-state index contributed by atoms with van der Waals surface area (Å²) in [6, 6.07) is 6.42. The molecule has 0 spiro atoms. The van der Waals surface area contributed by atoms with Crippen LogP contribution in [0, 0.1) is 0 Å². The second kappa shape index (κ2) is 28.2.